The van der Waals surface area contributed by atoms with E-state index in [0.717, 1.165) is 24.1 Å². The van der Waals surface area contributed by atoms with Crippen molar-refractivity contribution < 1.29 is 9.59 Å². The van der Waals surface area contributed by atoms with Gasteiger partial charge >= 0.3 is 0 Å². The van der Waals surface area contributed by atoms with Crippen LogP contribution in [0.3, 0.4) is 0 Å². The van der Waals surface area contributed by atoms with Gasteiger partial charge in [-0.05, 0) is 43.2 Å². The molecule has 23 heavy (non-hydrogen) atoms. The summed E-state index contributed by atoms with van der Waals surface area (Å²) in [7, 11) is 0. The molecule has 1 aromatic carbocycles. The fourth-order valence-corrected chi connectivity index (χ4v) is 3.10. The lowest BCUT2D eigenvalue weighted by Crippen LogP contribution is -2.42. The monoisotopic (exact) mass is 337 g/mol. The largest absolute Gasteiger partial charge is 0.352 e. The Balaban J connectivity index is 0.00000192. The normalized spacial score (nSPS) is 20.7. The van der Waals surface area contributed by atoms with Gasteiger partial charge in [0.15, 0.2) is 0 Å². The number of carbonyl (C=O) groups is 2. The summed E-state index contributed by atoms with van der Waals surface area (Å²) < 4.78 is 0. The lowest BCUT2D eigenvalue weighted by molar-refractivity contribution is -0.123. The first kappa shape index (κ1) is 17.8. The first-order chi connectivity index (χ1) is 10.7. The molecule has 1 saturated carbocycles. The summed E-state index contributed by atoms with van der Waals surface area (Å²) in [5, 5.41) is 5.93. The van der Waals surface area contributed by atoms with Gasteiger partial charge in [-0.3, -0.25) is 9.59 Å². The Morgan fingerprint density at radius 3 is 2.78 bits per heavy atom. The number of nitrogens with one attached hydrogen (secondary N) is 2. The Labute approximate surface area is 142 Å². The minimum atomic E-state index is -0.127. The van der Waals surface area contributed by atoms with Crippen molar-refractivity contribution in [3.63, 3.8) is 0 Å². The number of anilines is 1. The second kappa shape index (κ2) is 7.79. The molecule has 0 radical (unpaired) electrons. The van der Waals surface area contributed by atoms with Crippen LogP contribution in [0.4, 0.5) is 5.69 Å². The van der Waals surface area contributed by atoms with Crippen LogP contribution in [0.25, 0.3) is 0 Å². The van der Waals surface area contributed by atoms with Crippen LogP contribution in [-0.2, 0) is 16.0 Å². The summed E-state index contributed by atoms with van der Waals surface area (Å²) in [6.45, 7) is 0.494. The second-order valence-electron chi connectivity index (χ2n) is 6.33. The molecule has 0 bridgehead atoms. The number of fused-ring (bicyclic) bond motifs is 1. The number of nitrogens with two attached hydrogens (primary N) is 1. The van der Waals surface area contributed by atoms with Crippen molar-refractivity contribution in [2.45, 2.75) is 38.1 Å². The fraction of sp³-hybridized carbons (Fsp3) is 0.529. The van der Waals surface area contributed by atoms with Crippen molar-refractivity contribution in [3.05, 3.63) is 29.8 Å². The van der Waals surface area contributed by atoms with E-state index in [-0.39, 0.29) is 36.2 Å². The topological polar surface area (TPSA) is 84.2 Å². The highest BCUT2D eigenvalue weighted by Crippen LogP contribution is 2.32. The quantitative estimate of drug-likeness (QED) is 0.740. The van der Waals surface area contributed by atoms with Crippen molar-refractivity contribution >= 4 is 29.9 Å². The summed E-state index contributed by atoms with van der Waals surface area (Å²) in [6, 6.07) is 7.93. The number of para-hydroxylation sites is 1. The maximum Gasteiger partial charge on any atom is 0.227 e. The van der Waals surface area contributed by atoms with Gasteiger partial charge < -0.3 is 16.4 Å². The fourth-order valence-electron chi connectivity index (χ4n) is 3.10. The van der Waals surface area contributed by atoms with Gasteiger partial charge in [-0.2, -0.15) is 0 Å². The lowest BCUT2D eigenvalue weighted by atomic mass is 9.89. The summed E-state index contributed by atoms with van der Waals surface area (Å²) in [4.78, 5) is 24.1. The van der Waals surface area contributed by atoms with Gasteiger partial charge in [0.05, 0.1) is 0 Å². The maximum atomic E-state index is 12.1. The molecule has 1 heterocycles. The molecule has 0 spiro atoms. The van der Waals surface area contributed by atoms with E-state index in [9.17, 15) is 9.59 Å². The Bertz CT molecular complexity index is 575. The van der Waals surface area contributed by atoms with Gasteiger partial charge in [0.25, 0.3) is 0 Å². The molecular weight excluding hydrogens is 314 g/mol. The third-order valence-electron chi connectivity index (χ3n) is 4.62. The molecule has 1 aromatic rings. The summed E-state index contributed by atoms with van der Waals surface area (Å²) in [6.07, 6.45) is 3.98. The van der Waals surface area contributed by atoms with E-state index in [0.29, 0.717) is 31.7 Å². The van der Waals surface area contributed by atoms with Gasteiger partial charge in [-0.1, -0.05) is 18.2 Å². The zero-order chi connectivity index (χ0) is 15.5. The predicted octanol–water partition coefficient (Wildman–Crippen LogP) is 1.85. The van der Waals surface area contributed by atoms with Crippen LogP contribution >= 0.6 is 12.4 Å². The van der Waals surface area contributed by atoms with Crippen LogP contribution in [0.15, 0.2) is 24.3 Å². The summed E-state index contributed by atoms with van der Waals surface area (Å²) >= 11 is 0. The Morgan fingerprint density at radius 1 is 1.35 bits per heavy atom. The van der Waals surface area contributed by atoms with E-state index in [1.165, 1.54) is 0 Å². The van der Waals surface area contributed by atoms with Crippen LogP contribution in [-0.4, -0.2) is 24.4 Å². The highest BCUT2D eigenvalue weighted by molar-refractivity contribution is 5.96. The molecule has 0 aromatic heterocycles. The molecule has 5 nitrogen and oxygen atoms in total. The minimum Gasteiger partial charge on any atom is -0.352 e. The Kier molecular flexibility index (Phi) is 6.02. The standard InChI is InChI=1S/C17H23N3O2.ClH/c18-10-15(11-5-6-11)19-16(21)8-7-13-9-12-3-1-2-4-14(12)20-17(13)22;/h1-4,11,13,15H,5-10,18H2,(H,19,21)(H,20,22);1H. The van der Waals surface area contributed by atoms with Crippen molar-refractivity contribution in [1.29, 1.82) is 0 Å². The van der Waals surface area contributed by atoms with Crippen molar-refractivity contribution in [3.8, 4) is 0 Å². The van der Waals surface area contributed by atoms with E-state index in [4.69, 9.17) is 5.73 Å². The average Bonchev–Trinajstić information content (AvgIpc) is 3.35. The molecule has 1 fully saturated rings. The van der Waals surface area contributed by atoms with E-state index in [1.807, 2.05) is 24.3 Å². The van der Waals surface area contributed by atoms with Crippen LogP contribution in [0.1, 0.15) is 31.2 Å². The lowest BCUT2D eigenvalue weighted by Gasteiger charge is -2.24. The Hall–Kier alpha value is -1.59. The van der Waals surface area contributed by atoms with E-state index >= 15 is 0 Å². The first-order valence-corrected chi connectivity index (χ1v) is 8.05. The number of halogens is 1. The predicted molar refractivity (Wildman–Crippen MR) is 92.5 cm³/mol. The number of hydrogen-bond donors (Lipinski definition) is 3. The minimum absolute atomic E-state index is 0. The molecule has 4 N–H and O–H groups in total. The number of amides is 2. The molecule has 2 amide bonds. The molecule has 6 heteroatoms. The smallest absolute Gasteiger partial charge is 0.227 e. The zero-order valence-corrected chi connectivity index (χ0v) is 13.9. The zero-order valence-electron chi connectivity index (χ0n) is 13.1. The molecule has 1 aliphatic carbocycles. The highest BCUT2D eigenvalue weighted by Gasteiger charge is 2.31. The van der Waals surface area contributed by atoms with Crippen molar-refractivity contribution in [1.82, 2.24) is 5.32 Å². The SMILES string of the molecule is Cl.NCC(NC(=O)CCC1Cc2ccccc2NC1=O)C1CC1. The second-order valence-corrected chi connectivity index (χ2v) is 6.33. The number of hydrogen-bond acceptors (Lipinski definition) is 3. The van der Waals surface area contributed by atoms with E-state index in [1.54, 1.807) is 0 Å². The van der Waals surface area contributed by atoms with Gasteiger partial charge in [-0.15, -0.1) is 12.4 Å². The van der Waals surface area contributed by atoms with Gasteiger partial charge in [0.1, 0.15) is 0 Å². The van der Waals surface area contributed by atoms with Gasteiger partial charge in [-0.25, -0.2) is 0 Å². The molecule has 2 aliphatic rings. The molecule has 1 aliphatic heterocycles. The van der Waals surface area contributed by atoms with E-state index in [2.05, 4.69) is 10.6 Å². The van der Waals surface area contributed by atoms with Crippen LogP contribution in [0.2, 0.25) is 0 Å². The third kappa shape index (κ3) is 4.45. The van der Waals surface area contributed by atoms with Crippen molar-refractivity contribution in [2.24, 2.45) is 17.6 Å². The molecule has 3 rings (SSSR count). The van der Waals surface area contributed by atoms with Gasteiger partial charge in [0, 0.05) is 30.6 Å². The van der Waals surface area contributed by atoms with Crippen LogP contribution in [0.5, 0.6) is 0 Å². The third-order valence-corrected chi connectivity index (χ3v) is 4.62. The van der Waals surface area contributed by atoms with Crippen LogP contribution < -0.4 is 16.4 Å². The first-order valence-electron chi connectivity index (χ1n) is 8.05. The van der Waals surface area contributed by atoms with Crippen molar-refractivity contribution in [2.75, 3.05) is 11.9 Å². The molecular formula is C17H24ClN3O2. The number of carbonyl (C=O) groups excluding carboxylic acids is 2. The number of benzene rings is 1. The van der Waals surface area contributed by atoms with Gasteiger partial charge in [0.2, 0.25) is 11.8 Å². The Morgan fingerprint density at radius 2 is 2.09 bits per heavy atom. The summed E-state index contributed by atoms with van der Waals surface area (Å²) in [5.41, 5.74) is 7.73. The molecule has 2 atom stereocenters. The molecule has 2 unspecified atom stereocenters. The average molecular weight is 338 g/mol. The highest BCUT2D eigenvalue weighted by atomic mass is 35.5. The molecule has 126 valence electrons. The van der Waals surface area contributed by atoms with Crippen LogP contribution in [0, 0.1) is 11.8 Å². The maximum absolute atomic E-state index is 12.1. The van der Waals surface area contributed by atoms with E-state index < -0.39 is 0 Å². The molecule has 0 saturated heterocycles. The summed E-state index contributed by atoms with van der Waals surface area (Å²) in [5.74, 6) is 0.454. The number of rotatable bonds is 6.